The van der Waals surface area contributed by atoms with Crippen molar-refractivity contribution in [1.82, 2.24) is 15.1 Å². The highest BCUT2D eigenvalue weighted by Crippen LogP contribution is 2.27. The smallest absolute Gasteiger partial charge is 0.306 e. The molecule has 1 aromatic carbocycles. The lowest BCUT2D eigenvalue weighted by Crippen LogP contribution is -2.34. The van der Waals surface area contributed by atoms with Gasteiger partial charge in [-0.25, -0.2) is 4.68 Å². The molecule has 4 rings (SSSR count). The second kappa shape index (κ2) is 7.11. The number of para-hydroxylation sites is 1. The molecule has 2 heterocycles. The summed E-state index contributed by atoms with van der Waals surface area (Å²) >= 11 is 0. The van der Waals surface area contributed by atoms with E-state index in [2.05, 4.69) is 10.4 Å². The first-order valence-corrected chi connectivity index (χ1v) is 8.85. The second-order valence-electron chi connectivity index (χ2n) is 6.66. The molecule has 1 fully saturated rings. The van der Waals surface area contributed by atoms with Crippen LogP contribution in [-0.2, 0) is 4.79 Å². The van der Waals surface area contributed by atoms with Gasteiger partial charge in [-0.15, -0.1) is 0 Å². The Morgan fingerprint density at radius 1 is 1.15 bits per heavy atom. The van der Waals surface area contributed by atoms with Crippen molar-refractivity contribution < 1.29 is 19.1 Å². The molecule has 0 radical (unpaired) electrons. The number of aliphatic carboxylic acids is 1. The van der Waals surface area contributed by atoms with Gasteiger partial charge in [0.2, 0.25) is 0 Å². The van der Waals surface area contributed by atoms with Gasteiger partial charge in [-0.2, -0.15) is 5.10 Å². The van der Waals surface area contributed by atoms with Crippen LogP contribution in [0.1, 0.15) is 29.8 Å². The van der Waals surface area contributed by atoms with Crippen molar-refractivity contribution in [3.8, 4) is 17.1 Å². The van der Waals surface area contributed by atoms with E-state index in [1.54, 1.807) is 29.1 Å². The number of hydrogen-bond acceptors (Lipinski definition) is 4. The van der Waals surface area contributed by atoms with E-state index in [0.29, 0.717) is 36.4 Å². The van der Waals surface area contributed by atoms with Crippen LogP contribution in [0.2, 0.25) is 0 Å². The van der Waals surface area contributed by atoms with Crippen LogP contribution in [0.3, 0.4) is 0 Å². The number of furan rings is 1. The molecule has 0 spiro atoms. The average molecular weight is 365 g/mol. The molecule has 0 aliphatic heterocycles. The van der Waals surface area contributed by atoms with Gasteiger partial charge in [0.1, 0.15) is 11.4 Å². The summed E-state index contributed by atoms with van der Waals surface area (Å²) in [5.74, 6) is -0.903. The quantitative estimate of drug-likeness (QED) is 0.724. The number of nitrogens with zero attached hydrogens (tertiary/aromatic N) is 2. The Morgan fingerprint density at radius 3 is 2.63 bits per heavy atom. The van der Waals surface area contributed by atoms with Crippen LogP contribution >= 0.6 is 0 Å². The third-order valence-electron chi connectivity index (χ3n) is 4.83. The molecule has 138 valence electrons. The standard InChI is InChI=1S/C20H19N3O4/c24-19(21-14-9-8-13(11-14)20(25)26)17-12-16(18-7-4-10-27-18)22-23(17)15-5-2-1-3-6-15/h1-7,10,12-14H,8-9,11H2,(H,21,24)(H,25,26)/t13-,14+/m1/s1. The molecule has 1 aliphatic rings. The molecular weight excluding hydrogens is 346 g/mol. The number of benzene rings is 1. The first-order chi connectivity index (χ1) is 13.1. The summed E-state index contributed by atoms with van der Waals surface area (Å²) in [6.07, 6.45) is 3.25. The van der Waals surface area contributed by atoms with Gasteiger partial charge >= 0.3 is 5.97 Å². The third kappa shape index (κ3) is 3.48. The number of rotatable bonds is 5. The van der Waals surface area contributed by atoms with Gasteiger partial charge in [0.25, 0.3) is 5.91 Å². The SMILES string of the molecule is O=C(N[C@H]1CC[C@@H](C(=O)O)C1)c1cc(-c2ccco2)nn1-c1ccccc1. The van der Waals surface area contributed by atoms with Crippen molar-refractivity contribution in [3.63, 3.8) is 0 Å². The Balaban J connectivity index is 1.63. The van der Waals surface area contributed by atoms with Crippen molar-refractivity contribution in [2.75, 3.05) is 0 Å². The van der Waals surface area contributed by atoms with E-state index < -0.39 is 11.9 Å². The van der Waals surface area contributed by atoms with Crippen molar-refractivity contribution >= 4 is 11.9 Å². The zero-order valence-corrected chi connectivity index (χ0v) is 14.5. The molecule has 0 bridgehead atoms. The topological polar surface area (TPSA) is 97.4 Å². The zero-order chi connectivity index (χ0) is 18.8. The summed E-state index contributed by atoms with van der Waals surface area (Å²) < 4.78 is 6.98. The first kappa shape index (κ1) is 17.1. The molecule has 2 N–H and O–H groups in total. The van der Waals surface area contributed by atoms with E-state index in [4.69, 9.17) is 9.52 Å². The number of aromatic nitrogens is 2. The number of nitrogens with one attached hydrogen (secondary N) is 1. The highest BCUT2D eigenvalue weighted by molar-refractivity contribution is 5.94. The lowest BCUT2D eigenvalue weighted by Gasteiger charge is -2.13. The van der Waals surface area contributed by atoms with Gasteiger partial charge < -0.3 is 14.8 Å². The Labute approximate surface area is 155 Å². The van der Waals surface area contributed by atoms with Gasteiger partial charge in [-0.05, 0) is 43.5 Å². The lowest BCUT2D eigenvalue weighted by molar-refractivity contribution is -0.141. The van der Waals surface area contributed by atoms with E-state index in [1.807, 2.05) is 30.3 Å². The average Bonchev–Trinajstić information content (AvgIpc) is 3.42. The molecule has 27 heavy (non-hydrogen) atoms. The molecule has 1 saturated carbocycles. The number of carbonyl (C=O) groups excluding carboxylic acids is 1. The predicted octanol–water partition coefficient (Wildman–Crippen LogP) is 3.12. The largest absolute Gasteiger partial charge is 0.481 e. The highest BCUT2D eigenvalue weighted by atomic mass is 16.4. The summed E-state index contributed by atoms with van der Waals surface area (Å²) in [6, 6.07) is 14.5. The van der Waals surface area contributed by atoms with Crippen LogP contribution in [0.4, 0.5) is 0 Å². The maximum absolute atomic E-state index is 12.9. The molecule has 3 aromatic rings. The number of amides is 1. The van der Waals surface area contributed by atoms with Crippen molar-refractivity contribution in [2.45, 2.75) is 25.3 Å². The van der Waals surface area contributed by atoms with Crippen LogP contribution in [-0.4, -0.2) is 32.8 Å². The van der Waals surface area contributed by atoms with Crippen LogP contribution in [0.5, 0.6) is 0 Å². The number of carbonyl (C=O) groups is 2. The minimum atomic E-state index is -0.804. The van der Waals surface area contributed by atoms with Crippen LogP contribution in [0, 0.1) is 5.92 Å². The van der Waals surface area contributed by atoms with Gasteiger partial charge in [-0.1, -0.05) is 18.2 Å². The van der Waals surface area contributed by atoms with E-state index in [9.17, 15) is 9.59 Å². The fourth-order valence-corrected chi connectivity index (χ4v) is 3.45. The van der Waals surface area contributed by atoms with E-state index in [1.165, 1.54) is 0 Å². The zero-order valence-electron chi connectivity index (χ0n) is 14.5. The van der Waals surface area contributed by atoms with E-state index >= 15 is 0 Å². The van der Waals surface area contributed by atoms with Crippen molar-refractivity contribution in [2.24, 2.45) is 5.92 Å². The molecule has 1 amide bonds. The minimum absolute atomic E-state index is 0.148. The number of carboxylic acid groups (broad SMARTS) is 1. The summed E-state index contributed by atoms with van der Waals surface area (Å²) in [4.78, 5) is 24.0. The Kier molecular flexibility index (Phi) is 4.50. The van der Waals surface area contributed by atoms with Gasteiger partial charge in [-0.3, -0.25) is 9.59 Å². The molecule has 0 saturated heterocycles. The van der Waals surface area contributed by atoms with E-state index in [-0.39, 0.29) is 11.9 Å². The van der Waals surface area contributed by atoms with Crippen LogP contribution in [0.15, 0.2) is 59.2 Å². The van der Waals surface area contributed by atoms with Gasteiger partial charge in [0, 0.05) is 12.1 Å². The molecule has 0 unspecified atom stereocenters. The summed E-state index contributed by atoms with van der Waals surface area (Å²) in [5.41, 5.74) is 1.70. The first-order valence-electron chi connectivity index (χ1n) is 8.85. The van der Waals surface area contributed by atoms with Gasteiger partial charge in [0.15, 0.2) is 5.76 Å². The minimum Gasteiger partial charge on any atom is -0.481 e. The fraction of sp³-hybridized carbons (Fsp3) is 0.250. The molecule has 2 aromatic heterocycles. The van der Waals surface area contributed by atoms with E-state index in [0.717, 1.165) is 5.69 Å². The van der Waals surface area contributed by atoms with Crippen molar-refractivity contribution in [3.05, 3.63) is 60.5 Å². The predicted molar refractivity (Wildman–Crippen MR) is 97.5 cm³/mol. The normalized spacial score (nSPS) is 19.1. The summed E-state index contributed by atoms with van der Waals surface area (Å²) in [6.45, 7) is 0. The fourth-order valence-electron chi connectivity index (χ4n) is 3.45. The Bertz CT molecular complexity index is 947. The highest BCUT2D eigenvalue weighted by Gasteiger charge is 2.31. The summed E-state index contributed by atoms with van der Waals surface area (Å²) in [5, 5.41) is 16.6. The Hall–Kier alpha value is -3.35. The second-order valence-corrected chi connectivity index (χ2v) is 6.66. The maximum Gasteiger partial charge on any atom is 0.306 e. The molecule has 2 atom stereocenters. The maximum atomic E-state index is 12.9. The van der Waals surface area contributed by atoms with Gasteiger partial charge in [0.05, 0.1) is 17.9 Å². The lowest BCUT2D eigenvalue weighted by atomic mass is 10.1. The number of hydrogen-bond donors (Lipinski definition) is 2. The molecule has 7 nitrogen and oxygen atoms in total. The third-order valence-corrected chi connectivity index (χ3v) is 4.83. The molecular formula is C20H19N3O4. The number of carboxylic acids is 1. The van der Waals surface area contributed by atoms with Crippen molar-refractivity contribution in [1.29, 1.82) is 0 Å². The molecule has 1 aliphatic carbocycles. The monoisotopic (exact) mass is 365 g/mol. The Morgan fingerprint density at radius 2 is 1.96 bits per heavy atom. The van der Waals surface area contributed by atoms with Crippen LogP contribution in [0.25, 0.3) is 17.1 Å². The van der Waals surface area contributed by atoms with Crippen LogP contribution < -0.4 is 5.32 Å². The molecule has 7 heteroatoms. The summed E-state index contributed by atoms with van der Waals surface area (Å²) in [7, 11) is 0.